The topological polar surface area (TPSA) is 71.3 Å². The summed E-state index contributed by atoms with van der Waals surface area (Å²) in [4.78, 5) is 12.6. The fraction of sp³-hybridized carbons (Fsp3) is 0.0833. The third kappa shape index (κ3) is 6.13. The summed E-state index contributed by atoms with van der Waals surface area (Å²) >= 11 is 24.5. The molecule has 0 unspecified atom stereocenters. The summed E-state index contributed by atoms with van der Waals surface area (Å²) in [6.45, 7) is 0.133. The molecule has 9 heteroatoms. The van der Waals surface area contributed by atoms with E-state index in [-0.39, 0.29) is 27.9 Å². The first-order chi connectivity index (χ1) is 15.8. The first kappa shape index (κ1) is 24.8. The maximum Gasteiger partial charge on any atom is 0.266 e. The van der Waals surface area contributed by atoms with Crippen molar-refractivity contribution in [2.75, 3.05) is 12.4 Å². The number of nitrogens with one attached hydrogen (secondary N) is 1. The van der Waals surface area contributed by atoms with Crippen molar-refractivity contribution < 1.29 is 14.3 Å². The summed E-state index contributed by atoms with van der Waals surface area (Å²) in [6.07, 6.45) is 1.41. The molecule has 168 valence electrons. The highest BCUT2D eigenvalue weighted by atomic mass is 35.5. The van der Waals surface area contributed by atoms with E-state index >= 15 is 0 Å². The number of anilines is 1. The van der Waals surface area contributed by atoms with Crippen LogP contribution in [0.3, 0.4) is 0 Å². The molecular weight excluding hydrogens is 506 g/mol. The standard InChI is InChI=1S/C24H16Cl4N2O3/c1-32-22-11-14(8-9-21(22)33-13-16-17(25)4-2-5-18(16)26)10-15(12-29)24(31)30-23-19(27)6-3-7-20(23)28/h2-11H,13H2,1H3,(H,30,31)/b15-10+. The highest BCUT2D eigenvalue weighted by Crippen LogP contribution is 2.33. The largest absolute Gasteiger partial charge is 0.493 e. The number of halogens is 4. The second kappa shape index (κ2) is 11.3. The number of carbonyl (C=O) groups excluding carboxylic acids is 1. The van der Waals surface area contributed by atoms with Crippen LogP contribution in [0.1, 0.15) is 11.1 Å². The number of ether oxygens (including phenoxy) is 2. The van der Waals surface area contributed by atoms with Crippen molar-refractivity contribution in [2.24, 2.45) is 0 Å². The summed E-state index contributed by atoms with van der Waals surface area (Å²) in [5.74, 6) is 0.190. The van der Waals surface area contributed by atoms with Crippen molar-refractivity contribution in [2.45, 2.75) is 6.61 Å². The maximum atomic E-state index is 12.6. The van der Waals surface area contributed by atoms with Gasteiger partial charge in [-0.3, -0.25) is 4.79 Å². The molecule has 0 heterocycles. The summed E-state index contributed by atoms with van der Waals surface area (Å²) in [5.41, 5.74) is 1.27. The van der Waals surface area contributed by atoms with Gasteiger partial charge in [0.25, 0.3) is 5.91 Å². The fourth-order valence-corrected chi connectivity index (χ4v) is 3.83. The third-order valence-corrected chi connectivity index (χ3v) is 5.84. The molecule has 3 rings (SSSR count). The molecule has 5 nitrogen and oxygen atoms in total. The van der Waals surface area contributed by atoms with Crippen LogP contribution in [0.4, 0.5) is 5.69 Å². The van der Waals surface area contributed by atoms with Gasteiger partial charge in [-0.2, -0.15) is 5.26 Å². The van der Waals surface area contributed by atoms with Crippen LogP contribution in [0, 0.1) is 11.3 Å². The molecule has 0 aromatic heterocycles. The summed E-state index contributed by atoms with van der Waals surface area (Å²) in [6, 6.07) is 16.9. The zero-order valence-electron chi connectivity index (χ0n) is 17.2. The second-order valence-electron chi connectivity index (χ2n) is 6.62. The van der Waals surface area contributed by atoms with Gasteiger partial charge in [0.1, 0.15) is 18.2 Å². The number of para-hydroxylation sites is 1. The Labute approximate surface area is 211 Å². The Balaban J connectivity index is 1.81. The molecule has 0 fully saturated rings. The minimum atomic E-state index is -0.653. The van der Waals surface area contributed by atoms with Crippen molar-refractivity contribution in [3.8, 4) is 17.6 Å². The van der Waals surface area contributed by atoms with Crippen molar-refractivity contribution in [3.63, 3.8) is 0 Å². The average molecular weight is 522 g/mol. The van der Waals surface area contributed by atoms with Gasteiger partial charge in [-0.25, -0.2) is 0 Å². The molecule has 0 aliphatic rings. The lowest BCUT2D eigenvalue weighted by atomic mass is 10.1. The first-order valence-electron chi connectivity index (χ1n) is 9.45. The molecule has 0 radical (unpaired) electrons. The highest BCUT2D eigenvalue weighted by Gasteiger charge is 2.15. The van der Waals surface area contributed by atoms with Crippen LogP contribution in [0.15, 0.2) is 60.2 Å². The Morgan fingerprint density at radius 1 is 0.970 bits per heavy atom. The molecular formula is C24H16Cl4N2O3. The number of amides is 1. The average Bonchev–Trinajstić information content (AvgIpc) is 2.80. The van der Waals surface area contributed by atoms with E-state index in [0.717, 1.165) is 0 Å². The fourth-order valence-electron chi connectivity index (χ4n) is 2.83. The number of rotatable bonds is 7. The normalized spacial score (nSPS) is 11.0. The van der Waals surface area contributed by atoms with Gasteiger partial charge in [-0.05, 0) is 48.0 Å². The summed E-state index contributed by atoms with van der Waals surface area (Å²) < 4.78 is 11.2. The molecule has 0 saturated carbocycles. The van der Waals surface area contributed by atoms with E-state index in [1.165, 1.54) is 13.2 Å². The lowest BCUT2D eigenvalue weighted by molar-refractivity contribution is -0.112. The van der Waals surface area contributed by atoms with E-state index < -0.39 is 5.91 Å². The lowest BCUT2D eigenvalue weighted by Crippen LogP contribution is -2.14. The Hall–Kier alpha value is -2.88. The highest BCUT2D eigenvalue weighted by molar-refractivity contribution is 6.40. The van der Waals surface area contributed by atoms with Crippen LogP contribution < -0.4 is 14.8 Å². The molecule has 0 aliphatic carbocycles. The molecule has 0 aliphatic heterocycles. The number of hydrogen-bond acceptors (Lipinski definition) is 4. The van der Waals surface area contributed by atoms with Crippen LogP contribution in [-0.4, -0.2) is 13.0 Å². The number of carbonyl (C=O) groups is 1. The number of benzene rings is 3. The van der Waals surface area contributed by atoms with E-state index in [1.54, 1.807) is 54.6 Å². The van der Waals surface area contributed by atoms with Gasteiger partial charge in [0.05, 0.1) is 22.8 Å². The minimum absolute atomic E-state index is 0.133. The van der Waals surface area contributed by atoms with E-state index in [2.05, 4.69) is 5.32 Å². The van der Waals surface area contributed by atoms with Crippen LogP contribution in [0.5, 0.6) is 11.5 Å². The van der Waals surface area contributed by atoms with Gasteiger partial charge >= 0.3 is 0 Å². The van der Waals surface area contributed by atoms with E-state index in [9.17, 15) is 10.1 Å². The van der Waals surface area contributed by atoms with Gasteiger partial charge in [-0.1, -0.05) is 64.6 Å². The van der Waals surface area contributed by atoms with Crippen molar-refractivity contribution >= 4 is 64.1 Å². The SMILES string of the molecule is COc1cc(/C=C(\C#N)C(=O)Nc2c(Cl)cccc2Cl)ccc1OCc1c(Cl)cccc1Cl. The molecule has 3 aromatic carbocycles. The predicted octanol–water partition coefficient (Wildman–Crippen LogP) is 7.43. The molecule has 0 spiro atoms. The maximum absolute atomic E-state index is 12.6. The van der Waals surface area contributed by atoms with Crippen LogP contribution in [0.25, 0.3) is 6.08 Å². The smallest absolute Gasteiger partial charge is 0.266 e. The van der Waals surface area contributed by atoms with Gasteiger partial charge < -0.3 is 14.8 Å². The predicted molar refractivity (Wildman–Crippen MR) is 132 cm³/mol. The lowest BCUT2D eigenvalue weighted by Gasteiger charge is -2.13. The number of hydrogen-bond donors (Lipinski definition) is 1. The molecule has 33 heavy (non-hydrogen) atoms. The van der Waals surface area contributed by atoms with Crippen molar-refractivity contribution in [1.29, 1.82) is 5.26 Å². The number of nitrogens with zero attached hydrogens (tertiary/aromatic N) is 1. The molecule has 0 bridgehead atoms. The van der Waals surface area contributed by atoms with Gasteiger partial charge in [0.2, 0.25) is 0 Å². The van der Waals surface area contributed by atoms with Crippen molar-refractivity contribution in [3.05, 3.63) is 91.4 Å². The zero-order valence-corrected chi connectivity index (χ0v) is 20.2. The minimum Gasteiger partial charge on any atom is -0.493 e. The summed E-state index contributed by atoms with van der Waals surface area (Å²) in [5, 5.41) is 13.6. The van der Waals surface area contributed by atoms with E-state index in [1.807, 2.05) is 6.07 Å². The third-order valence-electron chi connectivity index (χ3n) is 4.50. The Bertz CT molecular complexity index is 1230. The Kier molecular flexibility index (Phi) is 8.49. The van der Waals surface area contributed by atoms with Gasteiger partial charge in [-0.15, -0.1) is 0 Å². The molecule has 1 N–H and O–H groups in total. The van der Waals surface area contributed by atoms with Gasteiger partial charge in [0, 0.05) is 15.6 Å². The molecule has 1 amide bonds. The molecule has 0 saturated heterocycles. The molecule has 3 aromatic rings. The second-order valence-corrected chi connectivity index (χ2v) is 8.25. The van der Waals surface area contributed by atoms with Crippen LogP contribution in [0.2, 0.25) is 20.1 Å². The summed E-state index contributed by atoms with van der Waals surface area (Å²) in [7, 11) is 1.48. The monoisotopic (exact) mass is 520 g/mol. The van der Waals surface area contributed by atoms with Crippen LogP contribution in [-0.2, 0) is 11.4 Å². The number of methoxy groups -OCH3 is 1. The Morgan fingerprint density at radius 3 is 2.15 bits per heavy atom. The quantitative estimate of drug-likeness (QED) is 0.259. The van der Waals surface area contributed by atoms with Gasteiger partial charge in [0.15, 0.2) is 11.5 Å². The van der Waals surface area contributed by atoms with E-state index in [0.29, 0.717) is 32.7 Å². The Morgan fingerprint density at radius 2 is 1.58 bits per heavy atom. The van der Waals surface area contributed by atoms with Crippen LogP contribution >= 0.6 is 46.4 Å². The number of nitriles is 1. The zero-order chi connectivity index (χ0) is 24.0. The van der Waals surface area contributed by atoms with Crippen molar-refractivity contribution in [1.82, 2.24) is 0 Å². The first-order valence-corrected chi connectivity index (χ1v) is 11.0. The van der Waals surface area contributed by atoms with E-state index in [4.69, 9.17) is 55.9 Å². The molecule has 0 atom stereocenters.